The van der Waals surface area contributed by atoms with Crippen LogP contribution in [-0.2, 0) is 6.54 Å². The number of nitrogens with two attached hydrogens (primary N) is 1. The number of pyridine rings is 1. The van der Waals surface area contributed by atoms with E-state index in [1.807, 2.05) is 24.0 Å². The molecule has 0 spiro atoms. The van der Waals surface area contributed by atoms with Crippen molar-refractivity contribution in [3.63, 3.8) is 0 Å². The third-order valence-electron chi connectivity index (χ3n) is 3.26. The lowest BCUT2D eigenvalue weighted by molar-refractivity contribution is 0.642. The molecule has 2 nitrogen and oxygen atoms in total. The molecular weight excluding hydrogens is 240 g/mol. The highest BCUT2D eigenvalue weighted by molar-refractivity contribution is 8.00. The zero-order valence-electron chi connectivity index (χ0n) is 11.2. The number of thioether (sulfide) groups is 1. The molecule has 1 atom stereocenters. The second kappa shape index (κ2) is 5.72. The molecule has 2 rings (SSSR count). The van der Waals surface area contributed by atoms with Crippen LogP contribution >= 0.6 is 11.8 Å². The number of fused-ring (bicyclic) bond motifs is 1. The molecule has 0 aliphatic rings. The fourth-order valence-corrected chi connectivity index (χ4v) is 2.99. The SMILES string of the molecule is CC(C)C(C)Sc1c(CN)cnc2ccccc12. The van der Waals surface area contributed by atoms with Crippen LogP contribution < -0.4 is 5.73 Å². The van der Waals surface area contributed by atoms with Crippen molar-refractivity contribution in [2.45, 2.75) is 37.5 Å². The van der Waals surface area contributed by atoms with Crippen molar-refractivity contribution in [1.29, 1.82) is 0 Å². The van der Waals surface area contributed by atoms with E-state index in [2.05, 4.69) is 44.0 Å². The van der Waals surface area contributed by atoms with Gasteiger partial charge in [-0.1, -0.05) is 39.0 Å². The van der Waals surface area contributed by atoms with Crippen molar-refractivity contribution in [2.24, 2.45) is 11.7 Å². The molecule has 0 fully saturated rings. The zero-order chi connectivity index (χ0) is 13.1. The lowest BCUT2D eigenvalue weighted by atomic mass is 10.1. The maximum atomic E-state index is 5.84. The van der Waals surface area contributed by atoms with Crippen molar-refractivity contribution in [3.05, 3.63) is 36.0 Å². The number of benzene rings is 1. The van der Waals surface area contributed by atoms with E-state index in [-0.39, 0.29) is 0 Å². The molecule has 2 N–H and O–H groups in total. The Morgan fingerprint density at radius 1 is 1.22 bits per heavy atom. The molecule has 1 heterocycles. The first kappa shape index (κ1) is 13.4. The summed E-state index contributed by atoms with van der Waals surface area (Å²) >= 11 is 1.91. The van der Waals surface area contributed by atoms with Gasteiger partial charge in [-0.2, -0.15) is 0 Å². The number of rotatable bonds is 4. The van der Waals surface area contributed by atoms with E-state index in [4.69, 9.17) is 5.73 Å². The number of hydrogen-bond donors (Lipinski definition) is 1. The minimum atomic E-state index is 0.547. The first-order chi connectivity index (χ1) is 8.63. The van der Waals surface area contributed by atoms with Gasteiger partial charge in [0.2, 0.25) is 0 Å². The topological polar surface area (TPSA) is 38.9 Å². The molecule has 3 heteroatoms. The maximum Gasteiger partial charge on any atom is 0.0713 e. The smallest absolute Gasteiger partial charge is 0.0713 e. The summed E-state index contributed by atoms with van der Waals surface area (Å²) in [6.45, 7) is 7.32. The first-order valence-electron chi connectivity index (χ1n) is 6.36. The third kappa shape index (κ3) is 2.68. The second-order valence-electron chi connectivity index (χ2n) is 4.90. The van der Waals surface area contributed by atoms with Gasteiger partial charge in [0.05, 0.1) is 5.52 Å². The molecule has 2 aromatic rings. The first-order valence-corrected chi connectivity index (χ1v) is 7.24. The minimum absolute atomic E-state index is 0.547. The zero-order valence-corrected chi connectivity index (χ0v) is 12.0. The number of nitrogens with zero attached hydrogens (tertiary/aromatic N) is 1. The van der Waals surface area contributed by atoms with Gasteiger partial charge in [-0.15, -0.1) is 11.8 Å². The molecule has 0 saturated heterocycles. The van der Waals surface area contributed by atoms with Gasteiger partial charge in [0.1, 0.15) is 0 Å². The Morgan fingerprint density at radius 2 is 1.94 bits per heavy atom. The molecule has 1 aromatic heterocycles. The summed E-state index contributed by atoms with van der Waals surface area (Å²) in [6.07, 6.45) is 1.91. The Hall–Kier alpha value is -1.06. The summed E-state index contributed by atoms with van der Waals surface area (Å²) in [5.74, 6) is 0.646. The van der Waals surface area contributed by atoms with Crippen molar-refractivity contribution < 1.29 is 0 Å². The molecule has 0 amide bonds. The van der Waals surface area contributed by atoms with Crippen LogP contribution in [0.25, 0.3) is 10.9 Å². The normalized spacial score (nSPS) is 13.2. The summed E-state index contributed by atoms with van der Waals surface area (Å²) in [5.41, 5.74) is 8.03. The largest absolute Gasteiger partial charge is 0.326 e. The Balaban J connectivity index is 2.51. The average molecular weight is 260 g/mol. The maximum absolute atomic E-state index is 5.84. The molecule has 0 saturated carbocycles. The lowest BCUT2D eigenvalue weighted by Crippen LogP contribution is -2.08. The van der Waals surface area contributed by atoms with Crippen molar-refractivity contribution in [1.82, 2.24) is 4.98 Å². The van der Waals surface area contributed by atoms with Gasteiger partial charge in [-0.3, -0.25) is 4.98 Å². The van der Waals surface area contributed by atoms with Crippen LogP contribution in [-0.4, -0.2) is 10.2 Å². The van der Waals surface area contributed by atoms with Crippen molar-refractivity contribution in [2.75, 3.05) is 0 Å². The van der Waals surface area contributed by atoms with Gasteiger partial charge in [-0.05, 0) is 17.5 Å². The quantitative estimate of drug-likeness (QED) is 0.849. The van der Waals surface area contributed by atoms with Crippen molar-refractivity contribution >= 4 is 22.7 Å². The van der Waals surface area contributed by atoms with E-state index < -0.39 is 0 Å². The van der Waals surface area contributed by atoms with Crippen LogP contribution in [0.3, 0.4) is 0 Å². The van der Waals surface area contributed by atoms with Gasteiger partial charge >= 0.3 is 0 Å². The van der Waals surface area contributed by atoms with Crippen molar-refractivity contribution in [3.8, 4) is 0 Å². The third-order valence-corrected chi connectivity index (χ3v) is 4.90. The number of para-hydroxylation sites is 1. The van der Waals surface area contributed by atoms with Gasteiger partial charge in [-0.25, -0.2) is 0 Å². The molecule has 0 aliphatic heterocycles. The van der Waals surface area contributed by atoms with Gasteiger partial charge < -0.3 is 5.73 Å². The van der Waals surface area contributed by atoms with E-state index in [1.165, 1.54) is 10.3 Å². The fourth-order valence-electron chi connectivity index (χ4n) is 1.76. The van der Waals surface area contributed by atoms with Crippen LogP contribution in [0.4, 0.5) is 0 Å². The van der Waals surface area contributed by atoms with E-state index >= 15 is 0 Å². The Morgan fingerprint density at radius 3 is 2.61 bits per heavy atom. The second-order valence-corrected chi connectivity index (χ2v) is 6.29. The van der Waals surface area contributed by atoms with Crippen LogP contribution in [0.2, 0.25) is 0 Å². The van der Waals surface area contributed by atoms with E-state index in [9.17, 15) is 0 Å². The predicted octanol–water partition coefficient (Wildman–Crippen LogP) is 3.83. The highest BCUT2D eigenvalue weighted by Crippen LogP contribution is 2.35. The van der Waals surface area contributed by atoms with Gasteiger partial charge in [0.25, 0.3) is 0 Å². The van der Waals surface area contributed by atoms with Gasteiger partial charge in [0, 0.05) is 28.3 Å². The number of aromatic nitrogens is 1. The highest BCUT2D eigenvalue weighted by Gasteiger charge is 2.14. The summed E-state index contributed by atoms with van der Waals surface area (Å²) in [4.78, 5) is 5.77. The van der Waals surface area contributed by atoms with Crippen LogP contribution in [0, 0.1) is 5.92 Å². The Kier molecular flexibility index (Phi) is 4.25. The van der Waals surface area contributed by atoms with Crippen LogP contribution in [0.5, 0.6) is 0 Å². The monoisotopic (exact) mass is 260 g/mol. The van der Waals surface area contributed by atoms with E-state index in [0.29, 0.717) is 17.7 Å². The average Bonchev–Trinajstić information content (AvgIpc) is 2.39. The molecule has 0 aliphatic carbocycles. The number of hydrogen-bond acceptors (Lipinski definition) is 3. The molecule has 1 aromatic carbocycles. The molecule has 18 heavy (non-hydrogen) atoms. The molecule has 96 valence electrons. The Bertz CT molecular complexity index is 537. The summed E-state index contributed by atoms with van der Waals surface area (Å²) in [6, 6.07) is 8.28. The standard InChI is InChI=1S/C15H20N2S/c1-10(2)11(3)18-15-12(8-16)9-17-14-7-5-4-6-13(14)15/h4-7,9-11H,8,16H2,1-3H3. The molecule has 1 unspecified atom stereocenters. The summed E-state index contributed by atoms with van der Waals surface area (Å²) in [7, 11) is 0. The molecular formula is C15H20N2S. The van der Waals surface area contributed by atoms with Crippen LogP contribution in [0.1, 0.15) is 26.3 Å². The fraction of sp³-hybridized carbons (Fsp3) is 0.400. The summed E-state index contributed by atoms with van der Waals surface area (Å²) in [5, 5.41) is 1.79. The van der Waals surface area contributed by atoms with E-state index in [0.717, 1.165) is 11.1 Å². The molecule has 0 radical (unpaired) electrons. The summed E-state index contributed by atoms with van der Waals surface area (Å²) < 4.78 is 0. The van der Waals surface area contributed by atoms with Crippen LogP contribution in [0.15, 0.2) is 35.4 Å². The predicted molar refractivity (Wildman–Crippen MR) is 79.8 cm³/mol. The highest BCUT2D eigenvalue weighted by atomic mass is 32.2. The minimum Gasteiger partial charge on any atom is -0.326 e. The molecule has 0 bridgehead atoms. The van der Waals surface area contributed by atoms with Gasteiger partial charge in [0.15, 0.2) is 0 Å². The lowest BCUT2D eigenvalue weighted by Gasteiger charge is -2.18. The Labute approximate surface area is 113 Å². The van der Waals surface area contributed by atoms with E-state index in [1.54, 1.807) is 0 Å².